The molecule has 2 heterocycles. The molecule has 2 aromatic carbocycles. The molecule has 1 fully saturated rings. The van der Waals surface area contributed by atoms with E-state index in [-0.39, 0.29) is 16.7 Å². The number of furan rings is 1. The molecule has 1 saturated heterocycles. The van der Waals surface area contributed by atoms with E-state index in [1.807, 2.05) is 25.1 Å². The predicted molar refractivity (Wildman–Crippen MR) is 126 cm³/mol. The minimum Gasteiger partial charge on any atom is -0.507 e. The van der Waals surface area contributed by atoms with Gasteiger partial charge in [-0.2, -0.15) is 0 Å². The fourth-order valence-electron chi connectivity index (χ4n) is 4.05. The predicted octanol–water partition coefficient (Wildman–Crippen LogP) is 5.52. The lowest BCUT2D eigenvalue weighted by molar-refractivity contribution is -0.132. The van der Waals surface area contributed by atoms with E-state index in [1.54, 1.807) is 43.5 Å². The number of aliphatic hydroxyl groups is 1. The fourth-order valence-corrected chi connectivity index (χ4v) is 4.05. The van der Waals surface area contributed by atoms with Gasteiger partial charge in [-0.1, -0.05) is 32.9 Å². The number of nitrogens with zero attached hydrogens (tertiary/aromatic N) is 1. The van der Waals surface area contributed by atoms with E-state index in [1.165, 1.54) is 11.2 Å². The Morgan fingerprint density at radius 2 is 1.76 bits per heavy atom. The van der Waals surface area contributed by atoms with E-state index in [0.29, 0.717) is 22.8 Å². The normalized spacial score (nSPS) is 18.1. The number of anilines is 1. The van der Waals surface area contributed by atoms with Crippen molar-refractivity contribution in [3.63, 3.8) is 0 Å². The number of amides is 1. The summed E-state index contributed by atoms with van der Waals surface area (Å²) in [4.78, 5) is 27.8. The van der Waals surface area contributed by atoms with Crippen molar-refractivity contribution in [2.45, 2.75) is 39.2 Å². The molecule has 0 spiro atoms. The third-order valence-corrected chi connectivity index (χ3v) is 5.97. The molecule has 1 atom stereocenters. The summed E-state index contributed by atoms with van der Waals surface area (Å²) in [5.41, 5.74) is 2.67. The zero-order valence-corrected chi connectivity index (χ0v) is 19.4. The van der Waals surface area contributed by atoms with Crippen LogP contribution in [0.1, 0.15) is 49.3 Å². The second-order valence-electron chi connectivity index (χ2n) is 9.16. The Labute approximate surface area is 193 Å². The zero-order valence-electron chi connectivity index (χ0n) is 19.4. The molecule has 1 amide bonds. The van der Waals surface area contributed by atoms with Crippen molar-refractivity contribution in [2.24, 2.45) is 0 Å². The van der Waals surface area contributed by atoms with Gasteiger partial charge in [0.25, 0.3) is 11.7 Å². The minimum absolute atomic E-state index is 0.0000674. The molecule has 1 aromatic heterocycles. The number of Topliss-reactive ketones (excluding diaryl/α,β-unsaturated/α-hetero) is 1. The molecule has 1 aliphatic heterocycles. The number of carbonyl (C=O) groups is 2. The number of hydrogen-bond donors (Lipinski definition) is 1. The van der Waals surface area contributed by atoms with Gasteiger partial charge in [-0.05, 0) is 65.9 Å². The first-order chi connectivity index (χ1) is 15.6. The van der Waals surface area contributed by atoms with Crippen molar-refractivity contribution in [2.75, 3.05) is 12.0 Å². The van der Waals surface area contributed by atoms with Gasteiger partial charge < -0.3 is 14.3 Å². The number of carbonyl (C=O) groups excluding carboxylic acids is 2. The number of ether oxygens (including phenoxy) is 1. The summed E-state index contributed by atoms with van der Waals surface area (Å²) in [6.07, 6.45) is 1.48. The number of methoxy groups -OCH3 is 1. The summed E-state index contributed by atoms with van der Waals surface area (Å²) < 4.78 is 10.8. The van der Waals surface area contributed by atoms with Crippen LogP contribution in [0, 0.1) is 6.92 Å². The Morgan fingerprint density at radius 3 is 2.33 bits per heavy atom. The van der Waals surface area contributed by atoms with Crippen molar-refractivity contribution in [1.82, 2.24) is 0 Å². The average Bonchev–Trinajstić information content (AvgIpc) is 3.40. The van der Waals surface area contributed by atoms with E-state index in [0.717, 1.165) is 11.1 Å². The van der Waals surface area contributed by atoms with Gasteiger partial charge in [0, 0.05) is 11.3 Å². The standard InChI is InChI=1S/C27H27NO5/c1-16-8-9-17(27(2,3)4)15-20(16)24(29)22-23(21-7-6-14-33-21)28(26(31)25(22)30)18-10-12-19(32-5)13-11-18/h6-15,23,29H,1-5H3/b24-22+. The Balaban J connectivity index is 1.92. The van der Waals surface area contributed by atoms with Crippen molar-refractivity contribution < 1.29 is 23.8 Å². The maximum absolute atomic E-state index is 13.3. The summed E-state index contributed by atoms with van der Waals surface area (Å²) in [6, 6.07) is 15.1. The summed E-state index contributed by atoms with van der Waals surface area (Å²) in [5.74, 6) is -0.692. The molecule has 0 radical (unpaired) electrons. The molecular formula is C27H27NO5. The number of benzene rings is 2. The van der Waals surface area contributed by atoms with Crippen LogP contribution in [0.5, 0.6) is 5.75 Å². The molecule has 1 unspecified atom stereocenters. The second kappa shape index (κ2) is 8.28. The lowest BCUT2D eigenvalue weighted by Crippen LogP contribution is -2.29. The molecule has 1 aliphatic rings. The Hall–Kier alpha value is -3.80. The van der Waals surface area contributed by atoms with Gasteiger partial charge in [-0.25, -0.2) is 0 Å². The molecule has 0 aliphatic carbocycles. The van der Waals surface area contributed by atoms with Crippen LogP contribution in [0.25, 0.3) is 5.76 Å². The van der Waals surface area contributed by atoms with Gasteiger partial charge in [-0.15, -0.1) is 0 Å². The molecule has 6 nitrogen and oxygen atoms in total. The number of rotatable bonds is 4. The lowest BCUT2D eigenvalue weighted by Gasteiger charge is -2.24. The molecule has 170 valence electrons. The lowest BCUT2D eigenvalue weighted by atomic mass is 9.84. The van der Waals surface area contributed by atoms with Gasteiger partial charge in [0.2, 0.25) is 0 Å². The van der Waals surface area contributed by atoms with Gasteiger partial charge >= 0.3 is 0 Å². The van der Waals surface area contributed by atoms with Crippen molar-refractivity contribution in [3.05, 3.63) is 88.9 Å². The van der Waals surface area contributed by atoms with Crippen LogP contribution < -0.4 is 9.64 Å². The van der Waals surface area contributed by atoms with Crippen molar-refractivity contribution >= 4 is 23.1 Å². The largest absolute Gasteiger partial charge is 0.507 e. The third kappa shape index (κ3) is 3.93. The first-order valence-corrected chi connectivity index (χ1v) is 10.7. The Kier molecular flexibility index (Phi) is 5.62. The maximum Gasteiger partial charge on any atom is 0.300 e. The van der Waals surface area contributed by atoms with Gasteiger partial charge in [0.15, 0.2) is 0 Å². The number of ketones is 1. The summed E-state index contributed by atoms with van der Waals surface area (Å²) in [7, 11) is 1.55. The van der Waals surface area contributed by atoms with Crippen molar-refractivity contribution in [1.29, 1.82) is 0 Å². The van der Waals surface area contributed by atoms with E-state index in [2.05, 4.69) is 20.8 Å². The highest BCUT2D eigenvalue weighted by molar-refractivity contribution is 6.51. The monoisotopic (exact) mass is 445 g/mol. The second-order valence-corrected chi connectivity index (χ2v) is 9.16. The Bertz CT molecular complexity index is 1230. The summed E-state index contributed by atoms with van der Waals surface area (Å²) in [6.45, 7) is 8.09. The highest BCUT2D eigenvalue weighted by Crippen LogP contribution is 2.43. The quantitative estimate of drug-likeness (QED) is 0.325. The highest BCUT2D eigenvalue weighted by Gasteiger charge is 2.48. The van der Waals surface area contributed by atoms with Crippen LogP contribution in [0.4, 0.5) is 5.69 Å². The van der Waals surface area contributed by atoms with Crippen LogP contribution in [-0.2, 0) is 15.0 Å². The topological polar surface area (TPSA) is 80.0 Å². The van der Waals surface area contributed by atoms with E-state index >= 15 is 0 Å². The van der Waals surface area contributed by atoms with Gasteiger partial charge in [0.05, 0.1) is 18.9 Å². The minimum atomic E-state index is -0.897. The highest BCUT2D eigenvalue weighted by atomic mass is 16.5. The van der Waals surface area contributed by atoms with Crippen LogP contribution >= 0.6 is 0 Å². The smallest absolute Gasteiger partial charge is 0.300 e. The molecule has 1 N–H and O–H groups in total. The molecule has 33 heavy (non-hydrogen) atoms. The molecule has 0 saturated carbocycles. The van der Waals surface area contributed by atoms with E-state index in [9.17, 15) is 14.7 Å². The van der Waals surface area contributed by atoms with E-state index in [4.69, 9.17) is 9.15 Å². The van der Waals surface area contributed by atoms with E-state index < -0.39 is 17.7 Å². The maximum atomic E-state index is 13.3. The molecule has 0 bridgehead atoms. The van der Waals surface area contributed by atoms with Gasteiger partial charge in [0.1, 0.15) is 23.3 Å². The fraction of sp³-hybridized carbons (Fsp3) is 0.259. The van der Waals surface area contributed by atoms with Crippen LogP contribution in [-0.4, -0.2) is 23.9 Å². The number of aliphatic hydroxyl groups excluding tert-OH is 1. The average molecular weight is 446 g/mol. The molecule has 4 rings (SSSR count). The molecule has 6 heteroatoms. The first kappa shape index (κ1) is 22.4. The number of aryl methyl sites for hydroxylation is 1. The molecular weight excluding hydrogens is 418 g/mol. The third-order valence-electron chi connectivity index (χ3n) is 5.97. The van der Waals surface area contributed by atoms with Crippen LogP contribution in [0.15, 0.2) is 70.9 Å². The van der Waals surface area contributed by atoms with Gasteiger partial charge in [-0.3, -0.25) is 14.5 Å². The summed E-state index contributed by atoms with van der Waals surface area (Å²) in [5, 5.41) is 11.4. The zero-order chi connectivity index (χ0) is 23.9. The first-order valence-electron chi connectivity index (χ1n) is 10.7. The SMILES string of the molecule is COc1ccc(N2C(=O)C(=O)/C(=C(/O)c3cc(C(C)(C)C)ccc3C)C2c2ccco2)cc1. The van der Waals surface area contributed by atoms with Crippen LogP contribution in [0.3, 0.4) is 0 Å². The Morgan fingerprint density at radius 1 is 1.06 bits per heavy atom. The van der Waals surface area contributed by atoms with Crippen molar-refractivity contribution in [3.8, 4) is 5.75 Å². The number of hydrogen-bond acceptors (Lipinski definition) is 5. The summed E-state index contributed by atoms with van der Waals surface area (Å²) >= 11 is 0. The van der Waals surface area contributed by atoms with Crippen LogP contribution in [0.2, 0.25) is 0 Å². The molecule has 3 aromatic rings.